The van der Waals surface area contributed by atoms with Gasteiger partial charge in [-0.15, -0.1) is 11.3 Å². The molecule has 1 aliphatic rings. The summed E-state index contributed by atoms with van der Waals surface area (Å²) in [5.41, 5.74) is 2.25. The van der Waals surface area contributed by atoms with Crippen molar-refractivity contribution in [1.29, 1.82) is 0 Å². The Kier molecular flexibility index (Phi) is 7.35. The van der Waals surface area contributed by atoms with Crippen LogP contribution < -0.4 is 10.0 Å². The number of carbonyl (C=O) groups is 2. The molecule has 0 spiro atoms. The summed E-state index contributed by atoms with van der Waals surface area (Å²) in [4.78, 5) is 27.5. The Morgan fingerprint density at radius 1 is 1.24 bits per heavy atom. The summed E-state index contributed by atoms with van der Waals surface area (Å²) >= 11 is 2.64. The molecule has 33 heavy (non-hydrogen) atoms. The van der Waals surface area contributed by atoms with Crippen LogP contribution in [0.1, 0.15) is 51.9 Å². The van der Waals surface area contributed by atoms with E-state index in [2.05, 4.69) is 12.2 Å². The molecule has 0 aliphatic heterocycles. The molecule has 1 amide bonds. The molecule has 1 aliphatic carbocycles. The molecule has 2 aromatic heterocycles. The lowest BCUT2D eigenvalue weighted by molar-refractivity contribution is -0.645. The number of pyridine rings is 1. The van der Waals surface area contributed by atoms with Crippen molar-refractivity contribution in [2.45, 2.75) is 43.4 Å². The molecule has 4 rings (SSSR count). The number of fused-ring (bicyclic) bond motifs is 1. The number of thioether (sulfide) groups is 1. The van der Waals surface area contributed by atoms with E-state index in [1.165, 1.54) is 29.3 Å². The predicted octanol–water partition coefficient (Wildman–Crippen LogP) is 5.16. The van der Waals surface area contributed by atoms with Crippen LogP contribution in [-0.2, 0) is 22.4 Å². The van der Waals surface area contributed by atoms with Crippen LogP contribution in [0.4, 0.5) is 5.00 Å². The Morgan fingerprint density at radius 2 is 2.00 bits per heavy atom. The summed E-state index contributed by atoms with van der Waals surface area (Å²) < 4.78 is 6.08. The highest BCUT2D eigenvalue weighted by molar-refractivity contribution is 8.00. The first-order valence-electron chi connectivity index (χ1n) is 11.0. The van der Waals surface area contributed by atoms with Gasteiger partial charge >= 0.3 is 5.97 Å². The summed E-state index contributed by atoms with van der Waals surface area (Å²) in [5, 5.41) is 15.5. The second-order valence-corrected chi connectivity index (χ2v) is 10.3. The topological polar surface area (TPSA) is 82.3 Å². The summed E-state index contributed by atoms with van der Waals surface area (Å²) in [6, 6.07) is 14.4. The van der Waals surface area contributed by atoms with Gasteiger partial charge in [0.25, 0.3) is 5.03 Å². The third-order valence-electron chi connectivity index (χ3n) is 5.60. The second kappa shape index (κ2) is 10.4. The molecule has 0 fully saturated rings. The molecule has 1 aromatic carbocycles. The minimum atomic E-state index is -0.665. The third-order valence-corrected chi connectivity index (χ3v) is 8.04. The Morgan fingerprint density at radius 3 is 2.73 bits per heavy atom. The molecule has 8 heteroatoms. The van der Waals surface area contributed by atoms with Crippen LogP contribution >= 0.6 is 23.1 Å². The number of nitrogens with zero attached hydrogens (tertiary/aromatic N) is 1. The number of anilines is 1. The van der Waals surface area contributed by atoms with Crippen molar-refractivity contribution in [2.75, 3.05) is 11.9 Å². The van der Waals surface area contributed by atoms with Gasteiger partial charge in [0.2, 0.25) is 5.91 Å². The van der Waals surface area contributed by atoms with E-state index in [0.29, 0.717) is 21.5 Å². The van der Waals surface area contributed by atoms with Gasteiger partial charge < -0.3 is 15.3 Å². The normalized spacial score (nSPS) is 16.0. The number of hydrogen-bond acceptors (Lipinski definition) is 6. The number of ether oxygens (including phenoxy) is 1. The van der Waals surface area contributed by atoms with Gasteiger partial charge in [-0.3, -0.25) is 4.79 Å². The highest BCUT2D eigenvalue weighted by Gasteiger charge is 2.32. The van der Waals surface area contributed by atoms with E-state index in [4.69, 9.17) is 4.74 Å². The Labute approximate surface area is 201 Å². The van der Waals surface area contributed by atoms with Gasteiger partial charge in [0, 0.05) is 17.0 Å². The van der Waals surface area contributed by atoms with Gasteiger partial charge in [-0.05, 0) is 61.1 Å². The number of aromatic nitrogens is 1. The minimum absolute atomic E-state index is 0.271. The molecule has 2 atom stereocenters. The van der Waals surface area contributed by atoms with E-state index < -0.39 is 11.2 Å². The predicted molar refractivity (Wildman–Crippen MR) is 131 cm³/mol. The molecule has 3 aromatic rings. The maximum atomic E-state index is 13.5. The van der Waals surface area contributed by atoms with E-state index in [9.17, 15) is 14.8 Å². The smallest absolute Gasteiger partial charge is 0.341 e. The van der Waals surface area contributed by atoms with Crippen molar-refractivity contribution in [2.24, 2.45) is 5.92 Å². The first-order valence-corrected chi connectivity index (χ1v) is 12.7. The first-order chi connectivity index (χ1) is 16.0. The fraction of sp³-hybridized carbons (Fsp3) is 0.320. The SMILES string of the molecule is CCOC(=O)c1c(NC(=O)[C@@H](Sc2cccc[n+]2[O-])c2ccccc2)sc2c1CC[C@H](C)C2. The van der Waals surface area contributed by atoms with Gasteiger partial charge in [-0.2, -0.15) is 4.73 Å². The molecule has 6 nitrogen and oxygen atoms in total. The average Bonchev–Trinajstić information content (AvgIpc) is 3.16. The zero-order chi connectivity index (χ0) is 23.4. The zero-order valence-corrected chi connectivity index (χ0v) is 20.2. The number of thiophene rings is 1. The quantitative estimate of drug-likeness (QED) is 0.218. The largest absolute Gasteiger partial charge is 0.618 e. The van der Waals surface area contributed by atoms with Crippen molar-refractivity contribution in [1.82, 2.24) is 0 Å². The molecule has 0 unspecified atom stereocenters. The van der Waals surface area contributed by atoms with E-state index in [0.717, 1.165) is 40.0 Å². The van der Waals surface area contributed by atoms with E-state index in [-0.39, 0.29) is 12.5 Å². The van der Waals surface area contributed by atoms with E-state index in [1.54, 1.807) is 25.1 Å². The number of benzene rings is 1. The molecular formula is C25H26N2O4S2. The molecule has 0 saturated heterocycles. The number of amides is 1. The van der Waals surface area contributed by atoms with Crippen LogP contribution in [0.3, 0.4) is 0 Å². The van der Waals surface area contributed by atoms with E-state index >= 15 is 0 Å². The van der Waals surface area contributed by atoms with Crippen molar-refractivity contribution >= 4 is 40.0 Å². The lowest BCUT2D eigenvalue weighted by Crippen LogP contribution is -2.29. The third kappa shape index (κ3) is 5.23. The molecule has 0 radical (unpaired) electrons. The average molecular weight is 483 g/mol. The second-order valence-electron chi connectivity index (χ2n) is 8.04. The molecule has 0 bridgehead atoms. The van der Waals surface area contributed by atoms with Gasteiger partial charge in [-0.1, -0.05) is 37.3 Å². The van der Waals surface area contributed by atoms with Gasteiger partial charge in [-0.25, -0.2) is 4.79 Å². The number of carbonyl (C=O) groups excluding carboxylic acids is 2. The molecule has 172 valence electrons. The van der Waals surface area contributed by atoms with Crippen molar-refractivity contribution in [3.05, 3.63) is 81.5 Å². The first kappa shape index (κ1) is 23.3. The van der Waals surface area contributed by atoms with Crippen LogP contribution in [0.2, 0.25) is 0 Å². The monoisotopic (exact) mass is 482 g/mol. The van der Waals surface area contributed by atoms with E-state index in [1.807, 2.05) is 30.3 Å². The van der Waals surface area contributed by atoms with Crippen LogP contribution in [0.5, 0.6) is 0 Å². The van der Waals surface area contributed by atoms with Crippen LogP contribution in [0.15, 0.2) is 59.8 Å². The summed E-state index contributed by atoms with van der Waals surface area (Å²) in [7, 11) is 0. The molecule has 2 heterocycles. The highest BCUT2D eigenvalue weighted by Crippen LogP contribution is 2.41. The van der Waals surface area contributed by atoms with Crippen molar-refractivity contribution < 1.29 is 19.1 Å². The maximum Gasteiger partial charge on any atom is 0.341 e. The summed E-state index contributed by atoms with van der Waals surface area (Å²) in [6.07, 6.45) is 4.10. The zero-order valence-electron chi connectivity index (χ0n) is 18.6. The van der Waals surface area contributed by atoms with Gasteiger partial charge in [0.05, 0.1) is 12.2 Å². The fourth-order valence-electron chi connectivity index (χ4n) is 3.96. The molecule has 0 saturated carbocycles. The van der Waals surface area contributed by atoms with Gasteiger partial charge in [0.1, 0.15) is 10.3 Å². The van der Waals surface area contributed by atoms with Crippen LogP contribution in [0, 0.1) is 11.1 Å². The lowest BCUT2D eigenvalue weighted by atomic mass is 9.88. The standard InChI is InChI=1S/C25H26N2O4S2/c1-3-31-25(29)21-18-13-12-16(2)15-19(18)32-24(21)26-23(28)22(17-9-5-4-6-10-17)33-20-11-7-8-14-27(20)30/h4-11,14,16,22H,3,12-13,15H2,1-2H3,(H,26,28)/t16-,22-/m0/s1. The fourth-order valence-corrected chi connectivity index (χ4v) is 6.39. The summed E-state index contributed by atoms with van der Waals surface area (Å²) in [5.74, 6) is -0.149. The van der Waals surface area contributed by atoms with Crippen molar-refractivity contribution in [3.63, 3.8) is 0 Å². The molecule has 1 N–H and O–H groups in total. The van der Waals surface area contributed by atoms with Crippen LogP contribution in [-0.4, -0.2) is 18.5 Å². The maximum absolute atomic E-state index is 13.5. The number of hydrogen-bond donors (Lipinski definition) is 1. The lowest BCUT2D eigenvalue weighted by Gasteiger charge is -2.18. The highest BCUT2D eigenvalue weighted by atomic mass is 32.2. The minimum Gasteiger partial charge on any atom is -0.618 e. The molecular weight excluding hydrogens is 456 g/mol. The van der Waals surface area contributed by atoms with Crippen LogP contribution in [0.25, 0.3) is 0 Å². The summed E-state index contributed by atoms with van der Waals surface area (Å²) in [6.45, 7) is 4.25. The number of nitrogens with one attached hydrogen (secondary N) is 1. The Balaban J connectivity index is 1.68. The Hall–Kier alpha value is -2.84. The van der Waals surface area contributed by atoms with Gasteiger partial charge in [0.15, 0.2) is 6.20 Å². The van der Waals surface area contributed by atoms with Crippen molar-refractivity contribution in [3.8, 4) is 0 Å². The number of esters is 1. The Bertz CT molecular complexity index is 1150. The number of rotatable bonds is 7.